The van der Waals surface area contributed by atoms with Crippen LogP contribution in [0.2, 0.25) is 0 Å². The first-order valence-electron chi connectivity index (χ1n) is 14.0. The maximum Gasteiger partial charge on any atom is 0.336 e. The van der Waals surface area contributed by atoms with Gasteiger partial charge < -0.3 is 24.4 Å². The van der Waals surface area contributed by atoms with E-state index in [1.54, 1.807) is 13.8 Å². The fourth-order valence-corrected chi connectivity index (χ4v) is 5.05. The fourth-order valence-electron chi connectivity index (χ4n) is 5.05. The summed E-state index contributed by atoms with van der Waals surface area (Å²) in [5.74, 6) is -0.708. The summed E-state index contributed by atoms with van der Waals surface area (Å²) in [6, 6.07) is 17.3. The second-order valence-electron chi connectivity index (χ2n) is 9.96. The van der Waals surface area contributed by atoms with Crippen LogP contribution in [-0.2, 0) is 30.5 Å². The quantitative estimate of drug-likeness (QED) is 0.321. The zero-order valence-electron chi connectivity index (χ0n) is 23.4. The average molecular weight is 550 g/mol. The molecule has 0 bridgehead atoms. The Morgan fingerprint density at radius 3 is 2.48 bits per heavy atom. The number of esters is 1. The third-order valence-corrected chi connectivity index (χ3v) is 7.23. The molecule has 1 atom stereocenters. The van der Waals surface area contributed by atoms with Gasteiger partial charge >= 0.3 is 5.97 Å². The molecule has 2 aromatic rings. The Balaban J connectivity index is 1.40. The number of hydrogen-bond donors (Lipinski definition) is 1. The maximum atomic E-state index is 13.2. The van der Waals surface area contributed by atoms with E-state index in [0.717, 1.165) is 50.4 Å². The van der Waals surface area contributed by atoms with Gasteiger partial charge in [-0.3, -0.25) is 14.5 Å². The van der Waals surface area contributed by atoms with E-state index >= 15 is 0 Å². The number of allylic oxidation sites excluding steroid dienone is 1. The number of carbonyl (C=O) groups is 3. The van der Waals surface area contributed by atoms with Gasteiger partial charge in [-0.15, -0.1) is 0 Å². The molecule has 1 saturated heterocycles. The molecule has 1 unspecified atom stereocenters. The van der Waals surface area contributed by atoms with Crippen LogP contribution in [0.3, 0.4) is 0 Å². The van der Waals surface area contributed by atoms with Crippen molar-refractivity contribution in [1.29, 1.82) is 0 Å². The lowest BCUT2D eigenvalue weighted by molar-refractivity contribution is -0.141. The Labute approximate surface area is 236 Å². The van der Waals surface area contributed by atoms with Gasteiger partial charge in [-0.2, -0.15) is 0 Å². The number of benzene rings is 2. The Morgan fingerprint density at radius 2 is 1.77 bits per heavy atom. The minimum absolute atomic E-state index is 0.0695. The molecule has 2 heterocycles. The monoisotopic (exact) mass is 549 g/mol. The van der Waals surface area contributed by atoms with Gasteiger partial charge in [0.2, 0.25) is 11.8 Å². The molecule has 0 saturated carbocycles. The third-order valence-electron chi connectivity index (χ3n) is 7.23. The molecule has 9 heteroatoms. The number of nitrogens with one attached hydrogen (secondary N) is 1. The van der Waals surface area contributed by atoms with Gasteiger partial charge in [-0.25, -0.2) is 4.79 Å². The second-order valence-corrected chi connectivity index (χ2v) is 9.96. The molecule has 0 aromatic heterocycles. The zero-order chi connectivity index (χ0) is 28.3. The fraction of sp³-hybridized carbons (Fsp3) is 0.452. The van der Waals surface area contributed by atoms with E-state index in [4.69, 9.17) is 14.2 Å². The van der Waals surface area contributed by atoms with Crippen LogP contribution in [-0.4, -0.2) is 80.1 Å². The highest BCUT2D eigenvalue weighted by Gasteiger charge is 2.37. The van der Waals surface area contributed by atoms with Gasteiger partial charge in [0, 0.05) is 37.7 Å². The van der Waals surface area contributed by atoms with Crippen molar-refractivity contribution in [2.45, 2.75) is 39.2 Å². The van der Waals surface area contributed by atoms with E-state index in [1.807, 2.05) is 54.6 Å². The number of hydrogen-bond acceptors (Lipinski definition) is 7. The van der Waals surface area contributed by atoms with Crippen molar-refractivity contribution in [1.82, 2.24) is 15.1 Å². The molecule has 2 aromatic carbocycles. The summed E-state index contributed by atoms with van der Waals surface area (Å²) in [5, 5.41) is 2.91. The predicted octanol–water partition coefficient (Wildman–Crippen LogP) is 3.26. The Hall–Kier alpha value is -3.69. The highest BCUT2D eigenvalue weighted by molar-refractivity contribution is 5.97. The molecule has 0 aliphatic carbocycles. The van der Waals surface area contributed by atoms with E-state index in [9.17, 15) is 14.4 Å². The second kappa shape index (κ2) is 14.6. The van der Waals surface area contributed by atoms with Gasteiger partial charge in [-0.05, 0) is 50.1 Å². The van der Waals surface area contributed by atoms with Crippen LogP contribution >= 0.6 is 0 Å². The molecule has 214 valence electrons. The Kier molecular flexibility index (Phi) is 10.7. The summed E-state index contributed by atoms with van der Waals surface area (Å²) in [6.45, 7) is 8.68. The lowest BCUT2D eigenvalue weighted by Crippen LogP contribution is -2.44. The number of amides is 2. The minimum atomic E-state index is -0.474. The van der Waals surface area contributed by atoms with Crippen LogP contribution in [0, 0.1) is 0 Å². The highest BCUT2D eigenvalue weighted by atomic mass is 16.5. The lowest BCUT2D eigenvalue weighted by atomic mass is 9.83. The standard InChI is InChI=1S/C31H39N3O6/c1-3-39-31(37)30-23(2)34(21-28(35)32-14-7-15-33-16-18-38-19-17-33)29(36)20-27(30)25-10-12-26(13-11-25)40-22-24-8-5-4-6-9-24/h4-6,8-13,27H,3,7,14-22H2,1-2H3,(H,32,35). The van der Waals surface area contributed by atoms with Gasteiger partial charge in [0.1, 0.15) is 18.9 Å². The van der Waals surface area contributed by atoms with Crippen LogP contribution in [0.5, 0.6) is 5.75 Å². The number of morpholine rings is 1. The van der Waals surface area contributed by atoms with E-state index in [-0.39, 0.29) is 31.4 Å². The van der Waals surface area contributed by atoms with Gasteiger partial charge in [0.25, 0.3) is 0 Å². The number of ether oxygens (including phenoxy) is 3. The van der Waals surface area contributed by atoms with E-state index in [0.29, 0.717) is 30.2 Å². The molecule has 2 amide bonds. The first kappa shape index (κ1) is 29.3. The largest absolute Gasteiger partial charge is 0.489 e. The molecule has 1 N–H and O–H groups in total. The minimum Gasteiger partial charge on any atom is -0.489 e. The van der Waals surface area contributed by atoms with Gasteiger partial charge in [0.05, 0.1) is 25.4 Å². The van der Waals surface area contributed by atoms with Crippen LogP contribution in [0.15, 0.2) is 65.9 Å². The maximum absolute atomic E-state index is 13.2. The molecule has 2 aliphatic rings. The van der Waals surface area contributed by atoms with Crippen molar-refractivity contribution in [2.75, 3.05) is 52.5 Å². The third kappa shape index (κ3) is 7.92. The molecule has 4 rings (SSSR count). The molecule has 0 spiro atoms. The Bertz CT molecular complexity index is 1180. The molecular formula is C31H39N3O6. The summed E-state index contributed by atoms with van der Waals surface area (Å²) in [4.78, 5) is 42.7. The number of carbonyl (C=O) groups excluding carboxylic acids is 3. The van der Waals surface area contributed by atoms with Gasteiger partial charge in [-0.1, -0.05) is 42.5 Å². The average Bonchev–Trinajstić information content (AvgIpc) is 2.97. The summed E-state index contributed by atoms with van der Waals surface area (Å²) >= 11 is 0. The first-order valence-corrected chi connectivity index (χ1v) is 14.0. The van der Waals surface area contributed by atoms with Crippen molar-refractivity contribution < 1.29 is 28.6 Å². The lowest BCUT2D eigenvalue weighted by Gasteiger charge is -2.34. The van der Waals surface area contributed by atoms with Crippen LogP contribution in [0.4, 0.5) is 0 Å². The Morgan fingerprint density at radius 1 is 1.05 bits per heavy atom. The van der Waals surface area contributed by atoms with Gasteiger partial charge in [0.15, 0.2) is 0 Å². The van der Waals surface area contributed by atoms with Crippen molar-refractivity contribution in [3.05, 3.63) is 77.0 Å². The van der Waals surface area contributed by atoms with E-state index in [1.165, 1.54) is 4.90 Å². The molecule has 2 aliphatic heterocycles. The van der Waals surface area contributed by atoms with Crippen molar-refractivity contribution in [3.8, 4) is 5.75 Å². The molecule has 9 nitrogen and oxygen atoms in total. The van der Waals surface area contributed by atoms with Crippen molar-refractivity contribution in [3.63, 3.8) is 0 Å². The molecular weight excluding hydrogens is 510 g/mol. The zero-order valence-corrected chi connectivity index (χ0v) is 23.4. The molecule has 0 radical (unpaired) electrons. The van der Waals surface area contributed by atoms with Crippen molar-refractivity contribution in [2.24, 2.45) is 0 Å². The number of nitrogens with zero attached hydrogens (tertiary/aromatic N) is 2. The molecule has 40 heavy (non-hydrogen) atoms. The van der Waals surface area contributed by atoms with Crippen molar-refractivity contribution >= 4 is 17.8 Å². The van der Waals surface area contributed by atoms with Crippen LogP contribution < -0.4 is 10.1 Å². The normalized spacial score (nSPS) is 18.0. The molecule has 1 fully saturated rings. The van der Waals surface area contributed by atoms with Crippen LogP contribution in [0.1, 0.15) is 43.7 Å². The first-order chi connectivity index (χ1) is 19.5. The predicted molar refractivity (Wildman–Crippen MR) is 151 cm³/mol. The SMILES string of the molecule is CCOC(=O)C1=C(C)N(CC(=O)NCCCN2CCOCC2)C(=O)CC1c1ccc(OCc2ccccc2)cc1. The van der Waals surface area contributed by atoms with E-state index in [2.05, 4.69) is 10.2 Å². The summed E-state index contributed by atoms with van der Waals surface area (Å²) in [7, 11) is 0. The van der Waals surface area contributed by atoms with Crippen LogP contribution in [0.25, 0.3) is 0 Å². The summed E-state index contributed by atoms with van der Waals surface area (Å²) in [5.41, 5.74) is 2.73. The smallest absolute Gasteiger partial charge is 0.336 e. The topological polar surface area (TPSA) is 97.4 Å². The summed E-state index contributed by atoms with van der Waals surface area (Å²) < 4.78 is 16.6. The van der Waals surface area contributed by atoms with E-state index < -0.39 is 11.9 Å². The summed E-state index contributed by atoms with van der Waals surface area (Å²) in [6.07, 6.45) is 0.885. The highest BCUT2D eigenvalue weighted by Crippen LogP contribution is 2.37. The number of rotatable bonds is 12.